The van der Waals surface area contributed by atoms with Gasteiger partial charge in [-0.3, -0.25) is 4.98 Å². The van der Waals surface area contributed by atoms with Crippen molar-refractivity contribution < 1.29 is 0 Å². The monoisotopic (exact) mass is 162 g/mol. The number of pyridine rings is 1. The molecule has 1 aromatic heterocycles. The second-order valence-corrected chi connectivity index (χ2v) is 2.79. The van der Waals surface area contributed by atoms with Crippen LogP contribution in [0.2, 0.25) is 0 Å². The Kier molecular flexibility index (Phi) is 3.33. The number of hydrogen-bond acceptors (Lipinski definition) is 2. The van der Waals surface area contributed by atoms with E-state index in [1.165, 1.54) is 5.56 Å². The van der Waals surface area contributed by atoms with Gasteiger partial charge in [-0.2, -0.15) is 0 Å². The van der Waals surface area contributed by atoms with Crippen molar-refractivity contribution in [1.82, 2.24) is 10.3 Å². The van der Waals surface area contributed by atoms with Gasteiger partial charge in [0, 0.05) is 18.9 Å². The molecule has 0 aromatic carbocycles. The lowest BCUT2D eigenvalue weighted by Crippen LogP contribution is -2.13. The molecule has 2 heteroatoms. The van der Waals surface area contributed by atoms with Crippen LogP contribution >= 0.6 is 0 Å². The second-order valence-electron chi connectivity index (χ2n) is 2.79. The predicted octanol–water partition coefficient (Wildman–Crippen LogP) is 1.92. The first-order chi connectivity index (χ1) is 5.84. The Hall–Kier alpha value is -1.31. The summed E-state index contributed by atoms with van der Waals surface area (Å²) in [6, 6.07) is 4.07. The molecule has 0 spiro atoms. The summed E-state index contributed by atoms with van der Waals surface area (Å²) in [5, 5.41) is 3.09. The molecule has 1 atom stereocenters. The Morgan fingerprint density at radius 1 is 1.58 bits per heavy atom. The van der Waals surface area contributed by atoms with E-state index in [1.807, 2.05) is 24.5 Å². The molecule has 0 amide bonds. The molecule has 0 aliphatic rings. The number of rotatable bonds is 4. The van der Waals surface area contributed by atoms with Gasteiger partial charge in [-0.1, -0.05) is 13.5 Å². The van der Waals surface area contributed by atoms with Gasteiger partial charge in [-0.15, -0.1) is 0 Å². The van der Waals surface area contributed by atoms with Gasteiger partial charge < -0.3 is 5.32 Å². The minimum absolute atomic E-state index is 0.506. The van der Waals surface area contributed by atoms with Crippen molar-refractivity contribution in [3.05, 3.63) is 42.9 Å². The van der Waals surface area contributed by atoms with Crippen LogP contribution in [0.15, 0.2) is 37.3 Å². The molecule has 0 aliphatic heterocycles. The summed E-state index contributed by atoms with van der Waals surface area (Å²) in [5.41, 5.74) is 1.30. The molecule has 1 heterocycles. The third kappa shape index (κ3) is 2.38. The third-order valence-electron chi connectivity index (χ3n) is 1.84. The fourth-order valence-corrected chi connectivity index (χ4v) is 1.07. The maximum Gasteiger partial charge on any atom is 0.0270 e. The van der Waals surface area contributed by atoms with E-state index in [2.05, 4.69) is 23.8 Å². The highest BCUT2D eigenvalue weighted by atomic mass is 14.8. The summed E-state index contributed by atoms with van der Waals surface area (Å²) in [4.78, 5) is 3.97. The van der Waals surface area contributed by atoms with Crippen molar-refractivity contribution in [2.24, 2.45) is 0 Å². The van der Waals surface area contributed by atoms with E-state index < -0.39 is 0 Å². The van der Waals surface area contributed by atoms with Crippen LogP contribution in [-0.2, 0) is 0 Å². The van der Waals surface area contributed by atoms with Gasteiger partial charge in [0.2, 0.25) is 0 Å². The van der Waals surface area contributed by atoms with E-state index in [0.717, 1.165) is 6.54 Å². The Balaban J connectivity index is 2.53. The lowest BCUT2D eigenvalue weighted by molar-refractivity contribution is 0.701. The van der Waals surface area contributed by atoms with Crippen molar-refractivity contribution in [3.63, 3.8) is 0 Å². The number of nitrogens with one attached hydrogen (secondary N) is 1. The van der Waals surface area contributed by atoms with Crippen LogP contribution in [0.25, 0.3) is 0 Å². The van der Waals surface area contributed by atoms with Crippen LogP contribution < -0.4 is 5.32 Å². The highest BCUT2D eigenvalue weighted by Crippen LogP contribution is 2.11. The average Bonchev–Trinajstić information content (AvgIpc) is 2.15. The fraction of sp³-hybridized carbons (Fsp3) is 0.300. The maximum absolute atomic E-state index is 3.97. The van der Waals surface area contributed by atoms with E-state index in [0.29, 0.717) is 5.92 Å². The third-order valence-corrected chi connectivity index (χ3v) is 1.84. The molecule has 0 saturated carbocycles. The van der Waals surface area contributed by atoms with Gasteiger partial charge in [-0.25, -0.2) is 0 Å². The van der Waals surface area contributed by atoms with Crippen molar-refractivity contribution in [2.75, 3.05) is 6.54 Å². The SMILES string of the molecule is C=CNCC(C)c1ccncc1. The van der Waals surface area contributed by atoms with E-state index >= 15 is 0 Å². The molecule has 1 N–H and O–H groups in total. The van der Waals surface area contributed by atoms with Gasteiger partial charge in [0.1, 0.15) is 0 Å². The molecule has 1 rings (SSSR count). The Morgan fingerprint density at radius 2 is 2.25 bits per heavy atom. The second kappa shape index (κ2) is 4.54. The van der Waals surface area contributed by atoms with E-state index in [9.17, 15) is 0 Å². The first-order valence-electron chi connectivity index (χ1n) is 4.09. The zero-order chi connectivity index (χ0) is 8.81. The van der Waals surface area contributed by atoms with E-state index in [4.69, 9.17) is 0 Å². The Morgan fingerprint density at radius 3 is 2.83 bits per heavy atom. The molecule has 2 nitrogen and oxygen atoms in total. The van der Waals surface area contributed by atoms with Gasteiger partial charge in [-0.05, 0) is 29.8 Å². The van der Waals surface area contributed by atoms with E-state index in [1.54, 1.807) is 6.20 Å². The number of aromatic nitrogens is 1. The maximum atomic E-state index is 3.97. The first-order valence-corrected chi connectivity index (χ1v) is 4.09. The molecule has 0 radical (unpaired) electrons. The first kappa shape index (κ1) is 8.78. The number of nitrogens with zero attached hydrogens (tertiary/aromatic N) is 1. The molecular weight excluding hydrogens is 148 g/mol. The molecule has 0 fully saturated rings. The Bertz CT molecular complexity index is 231. The molecule has 64 valence electrons. The normalized spacial score (nSPS) is 12.1. The topological polar surface area (TPSA) is 24.9 Å². The highest BCUT2D eigenvalue weighted by Gasteiger charge is 2.01. The quantitative estimate of drug-likeness (QED) is 0.731. The van der Waals surface area contributed by atoms with Crippen LogP contribution in [0.5, 0.6) is 0 Å². The molecule has 12 heavy (non-hydrogen) atoms. The smallest absolute Gasteiger partial charge is 0.0270 e. The summed E-state index contributed by atoms with van der Waals surface area (Å²) in [5.74, 6) is 0.506. The summed E-state index contributed by atoms with van der Waals surface area (Å²) in [6.07, 6.45) is 5.36. The zero-order valence-corrected chi connectivity index (χ0v) is 7.33. The van der Waals surface area contributed by atoms with Crippen LogP contribution in [0, 0.1) is 0 Å². The molecule has 0 saturated heterocycles. The zero-order valence-electron chi connectivity index (χ0n) is 7.33. The summed E-state index contributed by atoms with van der Waals surface area (Å²) in [6.45, 7) is 6.70. The van der Waals surface area contributed by atoms with Gasteiger partial charge in [0.05, 0.1) is 0 Å². The molecule has 1 unspecified atom stereocenters. The standard InChI is InChI=1S/C10H14N2/c1-3-11-8-9(2)10-4-6-12-7-5-10/h3-7,9,11H,1,8H2,2H3. The van der Waals surface area contributed by atoms with Crippen molar-refractivity contribution >= 4 is 0 Å². The van der Waals surface area contributed by atoms with Crippen LogP contribution in [0.3, 0.4) is 0 Å². The van der Waals surface area contributed by atoms with Gasteiger partial charge >= 0.3 is 0 Å². The molecule has 0 aliphatic carbocycles. The predicted molar refractivity (Wildman–Crippen MR) is 50.9 cm³/mol. The van der Waals surface area contributed by atoms with Crippen molar-refractivity contribution in [1.29, 1.82) is 0 Å². The largest absolute Gasteiger partial charge is 0.391 e. The molecular formula is C10H14N2. The Labute approximate surface area is 73.3 Å². The van der Waals surface area contributed by atoms with Gasteiger partial charge in [0.25, 0.3) is 0 Å². The summed E-state index contributed by atoms with van der Waals surface area (Å²) < 4.78 is 0. The van der Waals surface area contributed by atoms with Crippen molar-refractivity contribution in [3.8, 4) is 0 Å². The highest BCUT2D eigenvalue weighted by molar-refractivity contribution is 5.15. The summed E-state index contributed by atoms with van der Waals surface area (Å²) >= 11 is 0. The fourth-order valence-electron chi connectivity index (χ4n) is 1.07. The van der Waals surface area contributed by atoms with Crippen LogP contribution in [-0.4, -0.2) is 11.5 Å². The van der Waals surface area contributed by atoms with Crippen LogP contribution in [0.1, 0.15) is 18.4 Å². The minimum atomic E-state index is 0.506. The lowest BCUT2D eigenvalue weighted by atomic mass is 10.0. The van der Waals surface area contributed by atoms with E-state index in [-0.39, 0.29) is 0 Å². The van der Waals surface area contributed by atoms with Crippen LogP contribution in [0.4, 0.5) is 0 Å². The molecule has 1 aromatic rings. The van der Waals surface area contributed by atoms with Gasteiger partial charge in [0.15, 0.2) is 0 Å². The lowest BCUT2D eigenvalue weighted by Gasteiger charge is -2.10. The van der Waals surface area contributed by atoms with Crippen molar-refractivity contribution in [2.45, 2.75) is 12.8 Å². The summed E-state index contributed by atoms with van der Waals surface area (Å²) in [7, 11) is 0. The number of hydrogen-bond donors (Lipinski definition) is 1. The average molecular weight is 162 g/mol. The minimum Gasteiger partial charge on any atom is -0.391 e. The molecule has 0 bridgehead atoms.